The zero-order valence-electron chi connectivity index (χ0n) is 9.82. The third-order valence-corrected chi connectivity index (χ3v) is 3.58. The summed E-state index contributed by atoms with van der Waals surface area (Å²) in [6, 6.07) is 8.83. The largest absolute Gasteiger partial charge is 0.303 e. The van der Waals surface area contributed by atoms with Crippen LogP contribution in [-0.4, -0.2) is 6.29 Å². The van der Waals surface area contributed by atoms with E-state index in [1.54, 1.807) is 0 Å². The Morgan fingerprint density at radius 1 is 1.19 bits per heavy atom. The molecule has 0 spiro atoms. The van der Waals surface area contributed by atoms with Gasteiger partial charge in [-0.3, -0.25) is 0 Å². The van der Waals surface area contributed by atoms with Crippen molar-refractivity contribution in [3.63, 3.8) is 0 Å². The highest BCUT2D eigenvalue weighted by atomic mass is 16.1. The smallest absolute Gasteiger partial charge is 0.120 e. The maximum atomic E-state index is 10.4. The fraction of sp³-hybridized carbons (Fsp3) is 0.533. The number of carbonyl (C=O) groups excluding carboxylic acids is 1. The predicted molar refractivity (Wildman–Crippen MR) is 66.7 cm³/mol. The van der Waals surface area contributed by atoms with Gasteiger partial charge in [0.1, 0.15) is 6.29 Å². The standard InChI is InChI=1S/C15H20O/c16-11-5-7-13-6-4-10-15(12-13)14-8-2-1-3-9-14/h4,6,10-12,14H,1-3,5,7-9H2. The molecular formula is C15H20O. The molecule has 0 N–H and O–H groups in total. The average molecular weight is 216 g/mol. The molecule has 1 aliphatic rings. The first-order chi connectivity index (χ1) is 7.90. The van der Waals surface area contributed by atoms with Gasteiger partial charge in [-0.1, -0.05) is 43.5 Å². The van der Waals surface area contributed by atoms with Crippen molar-refractivity contribution in [1.29, 1.82) is 0 Å². The normalized spacial score (nSPS) is 17.2. The van der Waals surface area contributed by atoms with Crippen molar-refractivity contribution in [2.75, 3.05) is 0 Å². The topological polar surface area (TPSA) is 17.1 Å². The van der Waals surface area contributed by atoms with Gasteiger partial charge >= 0.3 is 0 Å². The van der Waals surface area contributed by atoms with Gasteiger partial charge in [-0.15, -0.1) is 0 Å². The molecule has 1 aromatic rings. The highest BCUT2D eigenvalue weighted by Crippen LogP contribution is 2.32. The van der Waals surface area contributed by atoms with E-state index in [0.717, 1.165) is 18.6 Å². The number of benzene rings is 1. The van der Waals surface area contributed by atoms with Crippen LogP contribution >= 0.6 is 0 Å². The summed E-state index contributed by atoms with van der Waals surface area (Å²) < 4.78 is 0. The summed E-state index contributed by atoms with van der Waals surface area (Å²) in [5.74, 6) is 0.768. The Labute approximate surface area is 97.9 Å². The van der Waals surface area contributed by atoms with Crippen molar-refractivity contribution in [2.24, 2.45) is 0 Å². The Bertz CT molecular complexity index is 337. The first kappa shape index (κ1) is 11.4. The van der Waals surface area contributed by atoms with Gasteiger partial charge in [0, 0.05) is 6.42 Å². The number of carbonyl (C=O) groups is 1. The fourth-order valence-corrected chi connectivity index (χ4v) is 2.66. The van der Waals surface area contributed by atoms with E-state index in [1.165, 1.54) is 43.2 Å². The molecule has 0 atom stereocenters. The second-order valence-electron chi connectivity index (χ2n) is 4.79. The zero-order chi connectivity index (χ0) is 11.2. The molecule has 16 heavy (non-hydrogen) atoms. The summed E-state index contributed by atoms with van der Waals surface area (Å²) >= 11 is 0. The van der Waals surface area contributed by atoms with E-state index in [-0.39, 0.29) is 0 Å². The summed E-state index contributed by atoms with van der Waals surface area (Å²) in [6.07, 6.45) is 9.40. The number of hydrogen-bond acceptors (Lipinski definition) is 1. The van der Waals surface area contributed by atoms with Crippen LogP contribution in [0.2, 0.25) is 0 Å². The molecule has 86 valence electrons. The lowest BCUT2D eigenvalue weighted by molar-refractivity contribution is -0.107. The predicted octanol–water partition coefficient (Wildman–Crippen LogP) is 3.87. The monoisotopic (exact) mass is 216 g/mol. The quantitative estimate of drug-likeness (QED) is 0.698. The van der Waals surface area contributed by atoms with Crippen LogP contribution in [0.15, 0.2) is 24.3 Å². The molecule has 0 heterocycles. The lowest BCUT2D eigenvalue weighted by Crippen LogP contribution is -2.04. The molecule has 0 aliphatic heterocycles. The summed E-state index contributed by atoms with van der Waals surface area (Å²) in [5, 5.41) is 0. The van der Waals surface area contributed by atoms with Gasteiger partial charge in [-0.2, -0.15) is 0 Å². The highest BCUT2D eigenvalue weighted by Gasteiger charge is 2.15. The lowest BCUT2D eigenvalue weighted by Gasteiger charge is -2.22. The van der Waals surface area contributed by atoms with Gasteiger partial charge in [0.2, 0.25) is 0 Å². The van der Waals surface area contributed by atoms with Crippen LogP contribution in [0.1, 0.15) is 55.6 Å². The fourth-order valence-electron chi connectivity index (χ4n) is 2.66. The first-order valence-corrected chi connectivity index (χ1v) is 6.42. The summed E-state index contributed by atoms with van der Waals surface area (Å²) in [6.45, 7) is 0. The third-order valence-electron chi connectivity index (χ3n) is 3.58. The Balaban J connectivity index is 2.05. The molecule has 0 bridgehead atoms. The van der Waals surface area contributed by atoms with Gasteiger partial charge in [0.15, 0.2) is 0 Å². The van der Waals surface area contributed by atoms with Crippen molar-refractivity contribution >= 4 is 6.29 Å². The second kappa shape index (κ2) is 5.83. The molecule has 1 heteroatoms. The molecule has 2 rings (SSSR count). The molecule has 0 amide bonds. The average Bonchev–Trinajstić information content (AvgIpc) is 2.38. The van der Waals surface area contributed by atoms with E-state index in [2.05, 4.69) is 24.3 Å². The van der Waals surface area contributed by atoms with Gasteiger partial charge in [-0.05, 0) is 36.3 Å². The molecule has 0 saturated heterocycles. The van der Waals surface area contributed by atoms with Crippen LogP contribution in [0.25, 0.3) is 0 Å². The summed E-state index contributed by atoms with van der Waals surface area (Å²) in [7, 11) is 0. The Kier molecular flexibility index (Phi) is 4.15. The summed E-state index contributed by atoms with van der Waals surface area (Å²) in [4.78, 5) is 10.4. The minimum atomic E-state index is 0.647. The zero-order valence-corrected chi connectivity index (χ0v) is 9.82. The van der Waals surface area contributed by atoms with E-state index < -0.39 is 0 Å². The Morgan fingerprint density at radius 2 is 2.00 bits per heavy atom. The van der Waals surface area contributed by atoms with Crippen molar-refractivity contribution in [3.05, 3.63) is 35.4 Å². The van der Waals surface area contributed by atoms with Gasteiger partial charge in [0.05, 0.1) is 0 Å². The number of aryl methyl sites for hydroxylation is 1. The van der Waals surface area contributed by atoms with Gasteiger partial charge < -0.3 is 4.79 Å². The molecule has 1 saturated carbocycles. The highest BCUT2D eigenvalue weighted by molar-refractivity contribution is 5.50. The van der Waals surface area contributed by atoms with Crippen molar-refractivity contribution < 1.29 is 4.79 Å². The van der Waals surface area contributed by atoms with E-state index in [1.807, 2.05) is 0 Å². The summed E-state index contributed by atoms with van der Waals surface area (Å²) in [5.41, 5.74) is 2.80. The Hall–Kier alpha value is -1.11. The van der Waals surface area contributed by atoms with E-state index in [9.17, 15) is 4.79 Å². The second-order valence-corrected chi connectivity index (χ2v) is 4.79. The molecule has 1 aromatic carbocycles. The number of rotatable bonds is 4. The van der Waals surface area contributed by atoms with E-state index in [0.29, 0.717) is 6.42 Å². The van der Waals surface area contributed by atoms with Crippen LogP contribution in [0.3, 0.4) is 0 Å². The van der Waals surface area contributed by atoms with Crippen LogP contribution in [0.4, 0.5) is 0 Å². The molecule has 0 aromatic heterocycles. The minimum absolute atomic E-state index is 0.647. The SMILES string of the molecule is O=CCCc1cccc(C2CCCCC2)c1. The third kappa shape index (κ3) is 2.94. The van der Waals surface area contributed by atoms with E-state index in [4.69, 9.17) is 0 Å². The van der Waals surface area contributed by atoms with Crippen LogP contribution in [0, 0.1) is 0 Å². The van der Waals surface area contributed by atoms with Crippen molar-refractivity contribution in [3.8, 4) is 0 Å². The Morgan fingerprint density at radius 3 is 2.75 bits per heavy atom. The van der Waals surface area contributed by atoms with Crippen molar-refractivity contribution in [2.45, 2.75) is 50.9 Å². The molecule has 1 aliphatic carbocycles. The van der Waals surface area contributed by atoms with Crippen molar-refractivity contribution in [1.82, 2.24) is 0 Å². The first-order valence-electron chi connectivity index (χ1n) is 6.42. The molecular weight excluding hydrogens is 196 g/mol. The number of aldehydes is 1. The molecule has 1 nitrogen and oxygen atoms in total. The van der Waals surface area contributed by atoms with E-state index >= 15 is 0 Å². The van der Waals surface area contributed by atoms with Crippen LogP contribution in [-0.2, 0) is 11.2 Å². The maximum Gasteiger partial charge on any atom is 0.120 e. The maximum absolute atomic E-state index is 10.4. The van der Waals surface area contributed by atoms with Gasteiger partial charge in [-0.25, -0.2) is 0 Å². The van der Waals surface area contributed by atoms with Crippen LogP contribution < -0.4 is 0 Å². The molecule has 0 unspecified atom stereocenters. The number of hydrogen-bond donors (Lipinski definition) is 0. The lowest BCUT2D eigenvalue weighted by atomic mass is 9.83. The molecule has 0 radical (unpaired) electrons. The van der Waals surface area contributed by atoms with Gasteiger partial charge in [0.25, 0.3) is 0 Å². The molecule has 1 fully saturated rings. The minimum Gasteiger partial charge on any atom is -0.303 e. The van der Waals surface area contributed by atoms with Crippen LogP contribution in [0.5, 0.6) is 0 Å².